The first-order valence-corrected chi connectivity index (χ1v) is 14.5. The van der Waals surface area contributed by atoms with Gasteiger partial charge in [-0.2, -0.15) is 35.3 Å². The highest BCUT2D eigenvalue weighted by molar-refractivity contribution is 8.15. The molecule has 0 N–H and O–H groups in total. The summed E-state index contributed by atoms with van der Waals surface area (Å²) in [6.07, 6.45) is 3.31. The number of hydrogen-bond donors (Lipinski definition) is 0. The van der Waals surface area contributed by atoms with Gasteiger partial charge >= 0.3 is 0 Å². The topological polar surface area (TPSA) is 51.2 Å². The predicted octanol–water partition coefficient (Wildman–Crippen LogP) is 4.73. The Morgan fingerprint density at radius 3 is 1.42 bits per heavy atom. The summed E-state index contributed by atoms with van der Waals surface area (Å²) in [6.45, 7) is 6.88. The second-order valence-corrected chi connectivity index (χ2v) is 11.6. The maximum absolute atomic E-state index is 11.8. The minimum absolute atomic E-state index is 0.0211. The van der Waals surface area contributed by atoms with Crippen LogP contribution in [-0.4, -0.2) is 67.1 Å². The van der Waals surface area contributed by atoms with Crippen molar-refractivity contribution in [3.63, 3.8) is 0 Å². The molecule has 0 heterocycles. The fourth-order valence-electron chi connectivity index (χ4n) is 1.39. The highest BCUT2D eigenvalue weighted by Gasteiger charge is 2.03. The fourth-order valence-corrected chi connectivity index (χ4v) is 6.93. The van der Waals surface area contributed by atoms with E-state index in [0.29, 0.717) is 6.42 Å². The zero-order valence-corrected chi connectivity index (χ0v) is 19.7. The highest BCUT2D eigenvalue weighted by Crippen LogP contribution is 2.15. The van der Waals surface area contributed by atoms with Crippen LogP contribution in [0.4, 0.5) is 0 Å². The molecule has 0 aliphatic carbocycles. The maximum atomic E-state index is 11.8. The van der Waals surface area contributed by atoms with Crippen LogP contribution in [0.2, 0.25) is 0 Å². The maximum Gasteiger partial charge on any atom is 0.211 e. The molecular formula is C17H26O3S6. The molecule has 148 valence electrons. The van der Waals surface area contributed by atoms with Crippen molar-refractivity contribution in [2.24, 2.45) is 0 Å². The molecule has 0 aromatic rings. The minimum Gasteiger partial charge on any atom is -0.287 e. The van der Waals surface area contributed by atoms with E-state index in [1.54, 1.807) is 11.8 Å². The van der Waals surface area contributed by atoms with E-state index in [0.717, 1.165) is 51.8 Å². The number of carbonyl (C=O) groups is 3. The van der Waals surface area contributed by atoms with Crippen LogP contribution in [0.3, 0.4) is 0 Å². The Morgan fingerprint density at radius 2 is 0.962 bits per heavy atom. The molecule has 0 saturated heterocycles. The number of hydrogen-bond acceptors (Lipinski definition) is 9. The van der Waals surface area contributed by atoms with Crippen LogP contribution < -0.4 is 0 Å². The summed E-state index contributed by atoms with van der Waals surface area (Å²) in [5, 5.41) is 0.324. The molecule has 0 spiro atoms. The summed E-state index contributed by atoms with van der Waals surface area (Å²) in [4.78, 5) is 33.8. The van der Waals surface area contributed by atoms with Crippen molar-refractivity contribution in [1.29, 1.82) is 0 Å². The molecule has 9 heteroatoms. The summed E-state index contributed by atoms with van der Waals surface area (Å²) in [5.41, 5.74) is 0. The van der Waals surface area contributed by atoms with Crippen LogP contribution >= 0.6 is 70.6 Å². The first-order valence-electron chi connectivity index (χ1n) is 8.07. The van der Waals surface area contributed by atoms with Gasteiger partial charge in [0, 0.05) is 58.2 Å². The van der Waals surface area contributed by atoms with Gasteiger partial charge in [0.15, 0.2) is 5.12 Å². The van der Waals surface area contributed by atoms with E-state index >= 15 is 0 Å². The van der Waals surface area contributed by atoms with Crippen LogP contribution in [-0.2, 0) is 14.4 Å². The molecule has 0 rings (SSSR count). The average molecular weight is 471 g/mol. The first kappa shape index (κ1) is 26.6. The van der Waals surface area contributed by atoms with Gasteiger partial charge in [-0.3, -0.25) is 14.4 Å². The van der Waals surface area contributed by atoms with Gasteiger partial charge < -0.3 is 0 Å². The van der Waals surface area contributed by atoms with Crippen molar-refractivity contribution in [3.05, 3.63) is 25.3 Å². The van der Waals surface area contributed by atoms with Crippen LogP contribution in [0, 0.1) is 0 Å². The van der Waals surface area contributed by atoms with Gasteiger partial charge in [0.2, 0.25) is 10.2 Å². The monoisotopic (exact) mass is 470 g/mol. The number of thioether (sulfide) groups is 6. The summed E-state index contributed by atoms with van der Waals surface area (Å²) in [6, 6.07) is 0. The lowest BCUT2D eigenvalue weighted by Gasteiger charge is -2.03. The van der Waals surface area contributed by atoms with Crippen LogP contribution in [0.15, 0.2) is 25.3 Å². The molecule has 0 fully saturated rings. The molecule has 0 radical (unpaired) electrons. The number of rotatable bonds is 17. The van der Waals surface area contributed by atoms with E-state index in [-0.39, 0.29) is 15.3 Å². The molecule has 0 amide bonds. The standard InChI is InChI=1S/C17H26O3S6/c1-3-15(18)24-12-9-22-8-7-21-6-5-17(20)26-14-11-23-10-13-25-16(19)4-2/h3-4H,1-2,5-14H2. The quantitative estimate of drug-likeness (QED) is 0.222. The van der Waals surface area contributed by atoms with Crippen LogP contribution in [0.25, 0.3) is 0 Å². The lowest BCUT2D eigenvalue weighted by molar-refractivity contribution is -0.110. The second kappa shape index (κ2) is 20.3. The zero-order valence-electron chi connectivity index (χ0n) is 14.8. The highest BCUT2D eigenvalue weighted by atomic mass is 32.2. The Morgan fingerprint density at radius 1 is 0.577 bits per heavy atom. The van der Waals surface area contributed by atoms with Gasteiger partial charge in [0.25, 0.3) is 0 Å². The summed E-state index contributed by atoms with van der Waals surface area (Å²) >= 11 is 9.44. The van der Waals surface area contributed by atoms with E-state index in [4.69, 9.17) is 0 Å². The van der Waals surface area contributed by atoms with E-state index < -0.39 is 0 Å². The van der Waals surface area contributed by atoms with Crippen LogP contribution in [0.5, 0.6) is 0 Å². The third kappa shape index (κ3) is 19.4. The van der Waals surface area contributed by atoms with Gasteiger partial charge in [-0.25, -0.2) is 0 Å². The predicted molar refractivity (Wildman–Crippen MR) is 129 cm³/mol. The smallest absolute Gasteiger partial charge is 0.211 e. The Hall–Kier alpha value is 0.590. The molecule has 0 atom stereocenters. The second-order valence-electron chi connectivity index (χ2n) is 4.55. The fraction of sp³-hybridized carbons (Fsp3) is 0.588. The average Bonchev–Trinajstić information content (AvgIpc) is 2.65. The van der Waals surface area contributed by atoms with Crippen molar-refractivity contribution in [2.45, 2.75) is 6.42 Å². The molecule has 0 aromatic carbocycles. The Bertz CT molecular complexity index is 442. The van der Waals surface area contributed by atoms with Crippen molar-refractivity contribution >= 4 is 85.9 Å². The summed E-state index contributed by atoms with van der Waals surface area (Å²) < 4.78 is 0. The zero-order chi connectivity index (χ0) is 19.5. The third-order valence-corrected chi connectivity index (χ3v) is 9.23. The molecule has 0 aromatic heterocycles. The Balaban J connectivity index is 3.27. The van der Waals surface area contributed by atoms with Crippen molar-refractivity contribution in [2.75, 3.05) is 51.8 Å². The summed E-state index contributed by atoms with van der Waals surface area (Å²) in [5.74, 6) is 8.27. The van der Waals surface area contributed by atoms with Gasteiger partial charge in [-0.05, 0) is 12.2 Å². The molecule has 26 heavy (non-hydrogen) atoms. The number of carbonyl (C=O) groups excluding carboxylic acids is 3. The van der Waals surface area contributed by atoms with Crippen molar-refractivity contribution in [1.82, 2.24) is 0 Å². The molecule has 0 saturated carbocycles. The van der Waals surface area contributed by atoms with E-state index in [1.807, 2.05) is 23.5 Å². The minimum atomic E-state index is 0.0211. The van der Waals surface area contributed by atoms with Gasteiger partial charge in [-0.15, -0.1) is 0 Å². The SMILES string of the molecule is C=CC(=O)SCCSCCSCCC(=O)SCCSCCSC(=O)C=C. The van der Waals surface area contributed by atoms with E-state index in [9.17, 15) is 14.4 Å². The lowest BCUT2D eigenvalue weighted by atomic mass is 10.5. The summed E-state index contributed by atoms with van der Waals surface area (Å²) in [7, 11) is 0. The van der Waals surface area contributed by atoms with Crippen LogP contribution in [0.1, 0.15) is 6.42 Å². The van der Waals surface area contributed by atoms with E-state index in [2.05, 4.69) is 13.2 Å². The van der Waals surface area contributed by atoms with Crippen molar-refractivity contribution in [3.8, 4) is 0 Å². The molecular weight excluding hydrogens is 445 g/mol. The molecule has 3 nitrogen and oxygen atoms in total. The third-order valence-electron chi connectivity index (χ3n) is 2.59. The Labute approximate surface area is 182 Å². The molecule has 0 aliphatic rings. The first-order chi connectivity index (χ1) is 12.6. The lowest BCUT2D eigenvalue weighted by Crippen LogP contribution is -1.99. The molecule has 0 bridgehead atoms. The van der Waals surface area contributed by atoms with E-state index in [1.165, 1.54) is 47.4 Å². The van der Waals surface area contributed by atoms with Gasteiger partial charge in [-0.1, -0.05) is 48.4 Å². The van der Waals surface area contributed by atoms with Gasteiger partial charge in [0.1, 0.15) is 0 Å². The Kier molecular flexibility index (Phi) is 20.8. The molecule has 0 aliphatic heterocycles. The van der Waals surface area contributed by atoms with Crippen molar-refractivity contribution < 1.29 is 14.4 Å². The normalized spacial score (nSPS) is 10.5. The van der Waals surface area contributed by atoms with Gasteiger partial charge in [0.05, 0.1) is 0 Å². The molecule has 0 unspecified atom stereocenters. The largest absolute Gasteiger partial charge is 0.287 e.